The Balaban J connectivity index is 1.54. The van der Waals surface area contributed by atoms with Gasteiger partial charge in [-0.25, -0.2) is 31.8 Å². The van der Waals surface area contributed by atoms with Crippen molar-refractivity contribution in [1.29, 1.82) is 0 Å². The van der Waals surface area contributed by atoms with Crippen molar-refractivity contribution in [3.8, 4) is 11.3 Å². The van der Waals surface area contributed by atoms with E-state index in [9.17, 15) is 36.3 Å². The number of nitrogens with one attached hydrogen (secondary N) is 3. The maximum absolute atomic E-state index is 14.6. The van der Waals surface area contributed by atoms with Gasteiger partial charge in [-0.2, -0.15) is 5.10 Å². The molecule has 1 atom stereocenters. The molecule has 180 valence electrons. The molecular weight excluding hydrogens is 469 g/mol. The van der Waals surface area contributed by atoms with Crippen molar-refractivity contribution >= 4 is 5.69 Å². The lowest BCUT2D eigenvalue weighted by Gasteiger charge is -2.18. The third-order valence-electron chi connectivity index (χ3n) is 5.23. The topological polar surface area (TPSA) is 124 Å². The van der Waals surface area contributed by atoms with Crippen molar-refractivity contribution in [2.75, 3.05) is 18.0 Å². The van der Waals surface area contributed by atoms with Gasteiger partial charge in [0.1, 0.15) is 17.6 Å². The molecule has 9 nitrogen and oxygen atoms in total. The minimum Gasteiger partial charge on any atom is -0.365 e. The first-order valence-electron chi connectivity index (χ1n) is 9.78. The molecule has 3 heterocycles. The molecule has 1 aliphatic heterocycles. The summed E-state index contributed by atoms with van der Waals surface area (Å²) in [6.07, 6.45) is -3.65. The zero-order valence-electron chi connectivity index (χ0n) is 17.1. The molecule has 1 saturated heterocycles. The Morgan fingerprint density at radius 1 is 1.18 bits per heavy atom. The van der Waals surface area contributed by atoms with Crippen LogP contribution in [0.5, 0.6) is 0 Å². The van der Waals surface area contributed by atoms with Crippen LogP contribution in [0.25, 0.3) is 11.3 Å². The highest BCUT2D eigenvalue weighted by Gasteiger charge is 2.49. The standard InChI is InChI=1S/C20H16F5N5O4/c21-12-3-9(1-2-10(12)16(22)23)7-34-15-6-30(8-20(15,24)25)14-4-13(28-29-18(14)32)11-5-26-19(33)27-17(11)31/h1-5,15-16H,6-8H2,(H,29,32)(H2,26,27,31,33). The number of alkyl halides is 4. The van der Waals surface area contributed by atoms with E-state index in [-0.39, 0.29) is 22.5 Å². The number of rotatable bonds is 6. The Labute approximate surface area is 186 Å². The first-order valence-corrected chi connectivity index (χ1v) is 9.78. The zero-order chi connectivity index (χ0) is 24.6. The largest absolute Gasteiger partial charge is 0.365 e. The van der Waals surface area contributed by atoms with Crippen LogP contribution in [-0.2, 0) is 11.3 Å². The average molecular weight is 485 g/mol. The molecular formula is C20H16F5N5O4. The number of hydrogen-bond acceptors (Lipinski definition) is 6. The molecule has 4 rings (SSSR count). The van der Waals surface area contributed by atoms with Gasteiger partial charge in [0.15, 0.2) is 0 Å². The Hall–Kier alpha value is -3.81. The maximum atomic E-state index is 14.6. The Kier molecular flexibility index (Phi) is 6.08. The Bertz CT molecular complexity index is 1390. The van der Waals surface area contributed by atoms with Crippen LogP contribution in [0.15, 0.2) is 44.8 Å². The molecule has 0 amide bonds. The molecule has 34 heavy (non-hydrogen) atoms. The van der Waals surface area contributed by atoms with Gasteiger partial charge in [0.2, 0.25) is 0 Å². The summed E-state index contributed by atoms with van der Waals surface area (Å²) in [7, 11) is 0. The first kappa shape index (κ1) is 23.4. The Morgan fingerprint density at radius 2 is 1.94 bits per heavy atom. The molecule has 3 N–H and O–H groups in total. The molecule has 1 aliphatic rings. The lowest BCUT2D eigenvalue weighted by Crippen LogP contribution is -2.34. The third kappa shape index (κ3) is 4.62. The Morgan fingerprint density at radius 3 is 2.62 bits per heavy atom. The third-order valence-corrected chi connectivity index (χ3v) is 5.23. The second-order valence-corrected chi connectivity index (χ2v) is 7.55. The molecule has 0 aliphatic carbocycles. The van der Waals surface area contributed by atoms with E-state index in [4.69, 9.17) is 4.74 Å². The second kappa shape index (κ2) is 8.85. The molecule has 0 bridgehead atoms. The van der Waals surface area contributed by atoms with Crippen molar-refractivity contribution in [2.45, 2.75) is 25.1 Å². The molecule has 1 aromatic carbocycles. The van der Waals surface area contributed by atoms with Crippen LogP contribution >= 0.6 is 0 Å². The van der Waals surface area contributed by atoms with E-state index < -0.39 is 66.3 Å². The molecule has 14 heteroatoms. The highest BCUT2D eigenvalue weighted by molar-refractivity contribution is 5.62. The summed E-state index contributed by atoms with van der Waals surface area (Å²) in [5, 5.41) is 5.84. The molecule has 3 aromatic rings. The number of nitrogens with zero attached hydrogens (tertiary/aromatic N) is 2. The van der Waals surface area contributed by atoms with Gasteiger partial charge in [-0.05, 0) is 17.7 Å². The van der Waals surface area contributed by atoms with Crippen LogP contribution in [0.4, 0.5) is 27.6 Å². The lowest BCUT2D eigenvalue weighted by atomic mass is 10.1. The molecule has 0 radical (unpaired) electrons. The zero-order valence-corrected chi connectivity index (χ0v) is 17.1. The predicted octanol–water partition coefficient (Wildman–Crippen LogP) is 1.93. The van der Waals surface area contributed by atoms with Crippen LogP contribution in [0.1, 0.15) is 17.6 Å². The fraction of sp³-hybridized carbons (Fsp3) is 0.300. The summed E-state index contributed by atoms with van der Waals surface area (Å²) >= 11 is 0. The minimum atomic E-state index is -3.41. The van der Waals surface area contributed by atoms with Gasteiger partial charge in [-0.1, -0.05) is 12.1 Å². The SMILES string of the molecule is O=c1[nH]cc(-c2cc(N3CC(OCc4ccc(C(F)F)c(F)c4)C(F)(F)C3)c(=O)[nH]n2)c(=O)[nH]1. The highest BCUT2D eigenvalue weighted by Crippen LogP contribution is 2.33. The van der Waals surface area contributed by atoms with E-state index in [0.29, 0.717) is 0 Å². The summed E-state index contributed by atoms with van der Waals surface area (Å²) in [6.45, 7) is -1.80. The van der Waals surface area contributed by atoms with Gasteiger partial charge in [0.05, 0.1) is 36.5 Å². The van der Waals surface area contributed by atoms with E-state index in [0.717, 1.165) is 35.4 Å². The molecule has 0 spiro atoms. The first-order chi connectivity index (χ1) is 16.0. The summed E-state index contributed by atoms with van der Waals surface area (Å²) in [6, 6.07) is 3.91. The van der Waals surface area contributed by atoms with E-state index in [1.54, 1.807) is 0 Å². The number of ether oxygens (including phenoxy) is 1. The summed E-state index contributed by atoms with van der Waals surface area (Å²) in [5.74, 6) is -4.59. The van der Waals surface area contributed by atoms with Crippen molar-refractivity contribution in [3.63, 3.8) is 0 Å². The number of anilines is 1. The fourth-order valence-corrected chi connectivity index (χ4v) is 3.52. The quantitative estimate of drug-likeness (QED) is 0.459. The summed E-state index contributed by atoms with van der Waals surface area (Å²) < 4.78 is 73.5. The van der Waals surface area contributed by atoms with E-state index in [1.807, 2.05) is 4.98 Å². The van der Waals surface area contributed by atoms with Crippen LogP contribution < -0.4 is 21.7 Å². The summed E-state index contributed by atoms with van der Waals surface area (Å²) in [5.41, 5.74) is -3.49. The lowest BCUT2D eigenvalue weighted by molar-refractivity contribution is -0.110. The molecule has 0 saturated carbocycles. The van der Waals surface area contributed by atoms with Gasteiger partial charge < -0.3 is 14.6 Å². The monoisotopic (exact) mass is 485 g/mol. The maximum Gasteiger partial charge on any atom is 0.325 e. The smallest absolute Gasteiger partial charge is 0.325 e. The van der Waals surface area contributed by atoms with Crippen LogP contribution in [0.2, 0.25) is 0 Å². The van der Waals surface area contributed by atoms with Gasteiger partial charge >= 0.3 is 5.69 Å². The number of H-pyrrole nitrogens is 3. The van der Waals surface area contributed by atoms with Crippen molar-refractivity contribution in [1.82, 2.24) is 20.2 Å². The summed E-state index contributed by atoms with van der Waals surface area (Å²) in [4.78, 5) is 40.7. The number of halogens is 5. The van der Waals surface area contributed by atoms with Crippen molar-refractivity contribution in [2.24, 2.45) is 0 Å². The normalized spacial score (nSPS) is 17.5. The van der Waals surface area contributed by atoms with Crippen LogP contribution in [0.3, 0.4) is 0 Å². The number of benzene rings is 1. The van der Waals surface area contributed by atoms with Crippen LogP contribution in [0, 0.1) is 5.82 Å². The predicted molar refractivity (Wildman–Crippen MR) is 109 cm³/mol. The molecule has 1 unspecified atom stereocenters. The second-order valence-electron chi connectivity index (χ2n) is 7.55. The number of hydrogen-bond donors (Lipinski definition) is 3. The minimum absolute atomic E-state index is 0.0746. The van der Waals surface area contributed by atoms with E-state index in [1.165, 1.54) is 0 Å². The number of aromatic amines is 3. The van der Waals surface area contributed by atoms with Gasteiger partial charge in [0, 0.05) is 6.20 Å². The van der Waals surface area contributed by atoms with Gasteiger partial charge in [0.25, 0.3) is 23.5 Å². The van der Waals surface area contributed by atoms with Crippen molar-refractivity contribution < 1.29 is 26.7 Å². The van der Waals surface area contributed by atoms with Crippen LogP contribution in [-0.4, -0.2) is 45.3 Å². The highest BCUT2D eigenvalue weighted by atomic mass is 19.3. The average Bonchev–Trinajstić information content (AvgIpc) is 3.06. The fourth-order valence-electron chi connectivity index (χ4n) is 3.52. The molecule has 1 fully saturated rings. The van der Waals surface area contributed by atoms with E-state index in [2.05, 4.69) is 15.2 Å². The van der Waals surface area contributed by atoms with Gasteiger partial charge in [-0.3, -0.25) is 14.6 Å². The van der Waals surface area contributed by atoms with Crippen molar-refractivity contribution in [3.05, 3.63) is 78.6 Å². The van der Waals surface area contributed by atoms with Gasteiger partial charge in [-0.15, -0.1) is 0 Å². The number of aromatic nitrogens is 4. The van der Waals surface area contributed by atoms with E-state index >= 15 is 0 Å². The molecule has 2 aromatic heterocycles.